The molecule has 0 amide bonds. The fourth-order valence-electron chi connectivity index (χ4n) is 1.02. The summed E-state index contributed by atoms with van der Waals surface area (Å²) in [5.41, 5.74) is 6.74. The van der Waals surface area contributed by atoms with Crippen LogP contribution in [0.15, 0.2) is 18.2 Å². The number of hydrogen-bond donors (Lipinski definition) is 1. The maximum absolute atomic E-state index is 5.93. The van der Waals surface area contributed by atoms with E-state index in [1.807, 2.05) is 13.0 Å². The lowest BCUT2D eigenvalue weighted by molar-refractivity contribution is 0.699. The molecule has 1 aromatic carbocycles. The molecule has 0 aliphatic carbocycles. The summed E-state index contributed by atoms with van der Waals surface area (Å²) in [4.78, 5) is 0. The van der Waals surface area contributed by atoms with Crippen molar-refractivity contribution in [1.29, 1.82) is 0 Å². The van der Waals surface area contributed by atoms with Gasteiger partial charge in [0.2, 0.25) is 0 Å². The lowest BCUT2D eigenvalue weighted by Gasteiger charge is -2.10. The third-order valence-corrected chi connectivity index (χ3v) is 2.38. The molecule has 0 fully saturated rings. The topological polar surface area (TPSA) is 26.0 Å². The summed E-state index contributed by atoms with van der Waals surface area (Å²) < 4.78 is 0. The number of hydrogen-bond acceptors (Lipinski definition) is 1. The van der Waals surface area contributed by atoms with Gasteiger partial charge in [-0.1, -0.05) is 30.1 Å². The van der Waals surface area contributed by atoms with Gasteiger partial charge in [0, 0.05) is 16.1 Å². The van der Waals surface area contributed by atoms with Crippen molar-refractivity contribution in [2.24, 2.45) is 5.73 Å². The van der Waals surface area contributed by atoms with E-state index in [1.165, 1.54) is 0 Å². The standard InChI is InChI=1S/C9H11Cl2N/c1-2-9(12)7-5-6(10)3-4-8(7)11/h3-5,9H,2,12H2,1H3. The van der Waals surface area contributed by atoms with E-state index in [0.29, 0.717) is 10.0 Å². The average molecular weight is 204 g/mol. The Labute approximate surface area is 82.5 Å². The fraction of sp³-hybridized carbons (Fsp3) is 0.333. The summed E-state index contributed by atoms with van der Waals surface area (Å²) in [6.07, 6.45) is 0.861. The lowest BCUT2D eigenvalue weighted by Crippen LogP contribution is -2.08. The number of halogens is 2. The molecule has 12 heavy (non-hydrogen) atoms. The van der Waals surface area contributed by atoms with Crippen LogP contribution in [0.3, 0.4) is 0 Å². The van der Waals surface area contributed by atoms with E-state index in [9.17, 15) is 0 Å². The summed E-state index contributed by atoms with van der Waals surface area (Å²) in [5, 5.41) is 1.37. The molecule has 1 nitrogen and oxygen atoms in total. The van der Waals surface area contributed by atoms with Gasteiger partial charge in [0.25, 0.3) is 0 Å². The Morgan fingerprint density at radius 1 is 1.42 bits per heavy atom. The minimum atomic E-state index is -0.0174. The highest BCUT2D eigenvalue weighted by Crippen LogP contribution is 2.26. The molecule has 3 heteroatoms. The summed E-state index contributed by atoms with van der Waals surface area (Å²) in [5.74, 6) is 0. The van der Waals surface area contributed by atoms with Crippen molar-refractivity contribution in [3.63, 3.8) is 0 Å². The normalized spacial score (nSPS) is 13.0. The van der Waals surface area contributed by atoms with Crippen LogP contribution >= 0.6 is 23.2 Å². The largest absolute Gasteiger partial charge is 0.324 e. The van der Waals surface area contributed by atoms with Crippen molar-refractivity contribution >= 4 is 23.2 Å². The Kier molecular flexibility index (Phi) is 3.39. The highest BCUT2D eigenvalue weighted by atomic mass is 35.5. The molecule has 0 saturated carbocycles. The van der Waals surface area contributed by atoms with E-state index in [-0.39, 0.29) is 6.04 Å². The van der Waals surface area contributed by atoms with Gasteiger partial charge in [-0.3, -0.25) is 0 Å². The van der Waals surface area contributed by atoms with E-state index in [4.69, 9.17) is 28.9 Å². The predicted octanol–water partition coefficient (Wildman–Crippen LogP) is 3.40. The van der Waals surface area contributed by atoms with Gasteiger partial charge in [0.05, 0.1) is 0 Å². The van der Waals surface area contributed by atoms with Crippen LogP contribution in [0, 0.1) is 0 Å². The molecule has 0 aliphatic heterocycles. The number of nitrogens with two attached hydrogens (primary N) is 1. The quantitative estimate of drug-likeness (QED) is 0.784. The molecule has 1 aromatic rings. The van der Waals surface area contributed by atoms with Crippen LogP contribution < -0.4 is 5.73 Å². The first-order valence-electron chi connectivity index (χ1n) is 3.85. The summed E-state index contributed by atoms with van der Waals surface area (Å²) >= 11 is 11.7. The Hall–Kier alpha value is -0.240. The molecule has 1 unspecified atom stereocenters. The summed E-state index contributed by atoms with van der Waals surface area (Å²) in [6.45, 7) is 2.02. The molecule has 0 heterocycles. The van der Waals surface area contributed by atoms with Crippen LogP contribution in [-0.2, 0) is 0 Å². The zero-order chi connectivity index (χ0) is 9.14. The zero-order valence-corrected chi connectivity index (χ0v) is 8.36. The van der Waals surface area contributed by atoms with E-state index < -0.39 is 0 Å². The lowest BCUT2D eigenvalue weighted by atomic mass is 10.1. The molecule has 0 bridgehead atoms. The Bertz CT molecular complexity index is 273. The summed E-state index contributed by atoms with van der Waals surface area (Å²) in [7, 11) is 0. The van der Waals surface area contributed by atoms with Gasteiger partial charge in [-0.25, -0.2) is 0 Å². The molecule has 0 radical (unpaired) electrons. The van der Waals surface area contributed by atoms with Crippen molar-refractivity contribution in [3.8, 4) is 0 Å². The smallest absolute Gasteiger partial charge is 0.0454 e. The molecule has 1 rings (SSSR count). The molecule has 0 aromatic heterocycles. The van der Waals surface area contributed by atoms with Gasteiger partial charge in [0.15, 0.2) is 0 Å². The molecule has 0 spiro atoms. The minimum absolute atomic E-state index is 0.0174. The fourth-order valence-corrected chi connectivity index (χ4v) is 1.46. The maximum atomic E-state index is 5.93. The summed E-state index contributed by atoms with van der Waals surface area (Å²) in [6, 6.07) is 5.33. The molecule has 1 atom stereocenters. The van der Waals surface area contributed by atoms with Gasteiger partial charge in [0.1, 0.15) is 0 Å². The molecule has 2 N–H and O–H groups in total. The van der Waals surface area contributed by atoms with Gasteiger partial charge in [-0.15, -0.1) is 0 Å². The third kappa shape index (κ3) is 2.13. The second kappa shape index (κ2) is 4.13. The van der Waals surface area contributed by atoms with Crippen LogP contribution in [0.5, 0.6) is 0 Å². The molecule has 0 aliphatic rings. The number of benzene rings is 1. The highest BCUT2D eigenvalue weighted by Gasteiger charge is 2.07. The molecule has 0 saturated heterocycles. The first-order valence-corrected chi connectivity index (χ1v) is 4.61. The van der Waals surface area contributed by atoms with Crippen molar-refractivity contribution < 1.29 is 0 Å². The van der Waals surface area contributed by atoms with Gasteiger partial charge in [-0.05, 0) is 30.2 Å². The first kappa shape index (κ1) is 9.85. The maximum Gasteiger partial charge on any atom is 0.0454 e. The van der Waals surface area contributed by atoms with Crippen molar-refractivity contribution in [3.05, 3.63) is 33.8 Å². The Morgan fingerprint density at radius 2 is 2.08 bits per heavy atom. The molecule has 66 valence electrons. The van der Waals surface area contributed by atoms with Crippen LogP contribution in [0.4, 0.5) is 0 Å². The van der Waals surface area contributed by atoms with Gasteiger partial charge in [-0.2, -0.15) is 0 Å². The number of rotatable bonds is 2. The van der Waals surface area contributed by atoms with Crippen molar-refractivity contribution in [2.75, 3.05) is 0 Å². The molecular weight excluding hydrogens is 193 g/mol. The monoisotopic (exact) mass is 203 g/mol. The first-order chi connectivity index (χ1) is 5.65. The van der Waals surface area contributed by atoms with E-state index in [2.05, 4.69) is 0 Å². The van der Waals surface area contributed by atoms with Gasteiger partial charge < -0.3 is 5.73 Å². The van der Waals surface area contributed by atoms with Crippen molar-refractivity contribution in [2.45, 2.75) is 19.4 Å². The SMILES string of the molecule is CCC(N)c1cc(Cl)ccc1Cl. The van der Waals surface area contributed by atoms with Crippen LogP contribution in [0.25, 0.3) is 0 Å². The van der Waals surface area contributed by atoms with E-state index in [0.717, 1.165) is 12.0 Å². The second-order valence-corrected chi connectivity index (χ2v) is 3.52. The van der Waals surface area contributed by atoms with Crippen LogP contribution in [-0.4, -0.2) is 0 Å². The van der Waals surface area contributed by atoms with Crippen LogP contribution in [0.2, 0.25) is 10.0 Å². The Morgan fingerprint density at radius 3 is 2.67 bits per heavy atom. The van der Waals surface area contributed by atoms with Gasteiger partial charge >= 0.3 is 0 Å². The minimum Gasteiger partial charge on any atom is -0.324 e. The second-order valence-electron chi connectivity index (χ2n) is 2.68. The Balaban J connectivity index is 3.04. The molecular formula is C9H11Cl2N. The predicted molar refractivity (Wildman–Crippen MR) is 53.7 cm³/mol. The van der Waals surface area contributed by atoms with E-state index >= 15 is 0 Å². The average Bonchev–Trinajstić information content (AvgIpc) is 2.08. The zero-order valence-electron chi connectivity index (χ0n) is 6.85. The third-order valence-electron chi connectivity index (χ3n) is 1.80. The van der Waals surface area contributed by atoms with E-state index in [1.54, 1.807) is 12.1 Å². The van der Waals surface area contributed by atoms with Crippen LogP contribution in [0.1, 0.15) is 24.9 Å². The van der Waals surface area contributed by atoms with Crippen molar-refractivity contribution in [1.82, 2.24) is 0 Å². The highest BCUT2D eigenvalue weighted by molar-refractivity contribution is 6.33.